The van der Waals surface area contributed by atoms with Gasteiger partial charge in [0.05, 0.1) is 28.6 Å². The topological polar surface area (TPSA) is 199 Å². The Balaban J connectivity index is 0.000000479. The van der Waals surface area contributed by atoms with E-state index in [-0.39, 0.29) is 5.91 Å². The van der Waals surface area contributed by atoms with Crippen LogP contribution < -0.4 is 11.1 Å². The highest BCUT2D eigenvalue weighted by Gasteiger charge is 2.38. The number of carboxylic acid groups (broad SMARTS) is 2. The molecule has 252 valence electrons. The molecule has 1 aliphatic rings. The summed E-state index contributed by atoms with van der Waals surface area (Å²) < 4.78 is 63.5. The summed E-state index contributed by atoms with van der Waals surface area (Å²) in [5.74, 6) is -5.78. The van der Waals surface area contributed by atoms with Crippen LogP contribution in [-0.2, 0) is 16.0 Å². The van der Waals surface area contributed by atoms with E-state index in [1.54, 1.807) is 24.4 Å². The average molecular weight is 678 g/mol. The van der Waals surface area contributed by atoms with Crippen LogP contribution in [-0.4, -0.2) is 56.3 Å². The van der Waals surface area contributed by atoms with E-state index >= 15 is 0 Å². The molecule has 11 nitrogen and oxygen atoms in total. The number of rotatable bonds is 5. The molecule has 0 atom stereocenters. The maximum absolute atomic E-state index is 13.1. The maximum Gasteiger partial charge on any atom is 0.490 e. The van der Waals surface area contributed by atoms with Crippen molar-refractivity contribution in [3.05, 3.63) is 107 Å². The fraction of sp³-hybridized carbons (Fsp3) is 0.161. The Morgan fingerprint density at radius 2 is 1.52 bits per heavy atom. The number of pyridine rings is 1. The lowest BCUT2D eigenvalue weighted by atomic mass is 9.91. The summed E-state index contributed by atoms with van der Waals surface area (Å²) in [5.41, 5.74) is 12.8. The van der Waals surface area contributed by atoms with Crippen molar-refractivity contribution in [3.8, 4) is 17.2 Å². The van der Waals surface area contributed by atoms with Gasteiger partial charge in [0.15, 0.2) is 0 Å². The number of alkyl halides is 6. The second-order valence-electron chi connectivity index (χ2n) is 9.49. The Morgan fingerprint density at radius 3 is 2.04 bits per heavy atom. The third-order valence-corrected chi connectivity index (χ3v) is 6.34. The number of nitrogens with two attached hydrogens (primary N) is 1. The molecule has 3 aromatic rings. The number of amides is 1. The smallest absolute Gasteiger partial charge is 0.475 e. The summed E-state index contributed by atoms with van der Waals surface area (Å²) in [6, 6.07) is 20.4. The molecule has 0 saturated heterocycles. The van der Waals surface area contributed by atoms with E-state index in [4.69, 9.17) is 30.7 Å². The Hall–Kier alpha value is -6.18. The molecule has 1 aliphatic carbocycles. The zero-order chi connectivity index (χ0) is 36.2. The van der Waals surface area contributed by atoms with Crippen molar-refractivity contribution in [3.63, 3.8) is 0 Å². The molecule has 48 heavy (non-hydrogen) atoms. The van der Waals surface area contributed by atoms with E-state index in [9.17, 15) is 36.4 Å². The van der Waals surface area contributed by atoms with Crippen LogP contribution in [0.2, 0.25) is 0 Å². The van der Waals surface area contributed by atoms with Gasteiger partial charge in [-0.2, -0.15) is 31.6 Å². The highest BCUT2D eigenvalue weighted by atomic mass is 19.4. The summed E-state index contributed by atoms with van der Waals surface area (Å²) in [6.45, 7) is 1.86. The number of nitrogens with zero attached hydrogens (tertiary/aromatic N) is 3. The Labute approximate surface area is 267 Å². The van der Waals surface area contributed by atoms with Crippen LogP contribution in [0.4, 0.5) is 32.0 Å². The highest BCUT2D eigenvalue weighted by Crippen LogP contribution is 2.27. The predicted molar refractivity (Wildman–Crippen MR) is 159 cm³/mol. The number of aromatic nitrogens is 1. The number of benzene rings is 2. The molecule has 1 aromatic heterocycles. The van der Waals surface area contributed by atoms with Gasteiger partial charge in [0, 0.05) is 24.7 Å². The lowest BCUT2D eigenvalue weighted by Crippen LogP contribution is -2.21. The molecule has 0 unspecified atom stereocenters. The van der Waals surface area contributed by atoms with Crippen molar-refractivity contribution >= 4 is 29.2 Å². The summed E-state index contributed by atoms with van der Waals surface area (Å²) in [5, 5.41) is 38.8. The molecule has 17 heteroatoms. The molecule has 0 bridgehead atoms. The quantitative estimate of drug-likeness (QED) is 0.121. The van der Waals surface area contributed by atoms with E-state index in [2.05, 4.69) is 21.5 Å². The minimum Gasteiger partial charge on any atom is -0.475 e. The van der Waals surface area contributed by atoms with Crippen LogP contribution in [0, 0.1) is 11.3 Å². The number of carbonyl (C=O) groups is 3. The van der Waals surface area contributed by atoms with E-state index in [0.29, 0.717) is 46.8 Å². The molecular formula is C31H25F6N5O6. The molecular weight excluding hydrogens is 652 g/mol. The number of nitrogens with one attached hydrogen (secondary N) is 1. The number of hydrogen-bond acceptors (Lipinski definition) is 8. The number of allylic oxidation sites excluding steroid dienone is 4. The Morgan fingerprint density at radius 1 is 0.958 bits per heavy atom. The minimum absolute atomic E-state index is 0.267. The van der Waals surface area contributed by atoms with Crippen molar-refractivity contribution in [2.24, 2.45) is 10.9 Å². The standard InChI is InChI=1S/C27H23N5O2.2C2HF3O2/c1-17-19(10-13-24(32-34)26(17)29)15-25-23(7-4-14-30-25)27(33)31-21-11-8-18(9-12-21)22-6-3-2-5-20(22)16-28;2*3-2(4,5)1(6)7/h2-12,14,34H,13,15,29H2,1H3,(H,31,33);2*(H,6,7). The van der Waals surface area contributed by atoms with Crippen molar-refractivity contribution in [1.29, 1.82) is 5.26 Å². The van der Waals surface area contributed by atoms with Gasteiger partial charge in [-0.1, -0.05) is 41.6 Å². The van der Waals surface area contributed by atoms with Gasteiger partial charge in [0.1, 0.15) is 5.71 Å². The number of aliphatic carboxylic acids is 2. The fourth-order valence-electron chi connectivity index (χ4n) is 3.90. The average Bonchev–Trinajstić information content (AvgIpc) is 3.03. The Bertz CT molecular complexity index is 1770. The van der Waals surface area contributed by atoms with Crippen molar-refractivity contribution < 1.29 is 56.1 Å². The lowest BCUT2D eigenvalue weighted by molar-refractivity contribution is -0.193. The van der Waals surface area contributed by atoms with E-state index < -0.39 is 24.3 Å². The first-order valence-electron chi connectivity index (χ1n) is 13.2. The van der Waals surface area contributed by atoms with Gasteiger partial charge in [0.2, 0.25) is 0 Å². The fourth-order valence-corrected chi connectivity index (χ4v) is 3.90. The number of halogens is 6. The first kappa shape index (κ1) is 38.0. The lowest BCUT2D eigenvalue weighted by Gasteiger charge is -2.18. The van der Waals surface area contributed by atoms with Gasteiger partial charge in [-0.3, -0.25) is 9.78 Å². The number of carboxylic acids is 2. The molecule has 4 rings (SSSR count). The van der Waals surface area contributed by atoms with Gasteiger partial charge in [-0.25, -0.2) is 9.59 Å². The van der Waals surface area contributed by atoms with Crippen LogP contribution in [0.1, 0.15) is 35.0 Å². The minimum atomic E-state index is -5.08. The SMILES string of the molecule is CC1=C(N)C(=NO)CC=C1Cc1ncccc1C(=O)Nc1ccc(-c2ccccc2C#N)cc1.O=C(O)C(F)(F)F.O=C(O)C(F)(F)F. The number of hydrogen-bond donors (Lipinski definition) is 5. The second-order valence-corrected chi connectivity index (χ2v) is 9.49. The molecule has 1 amide bonds. The van der Waals surface area contributed by atoms with Crippen molar-refractivity contribution in [2.75, 3.05) is 5.32 Å². The predicted octanol–water partition coefficient (Wildman–Crippen LogP) is 6.07. The van der Waals surface area contributed by atoms with Gasteiger partial charge in [0.25, 0.3) is 5.91 Å². The number of carbonyl (C=O) groups excluding carboxylic acids is 1. The zero-order valence-corrected chi connectivity index (χ0v) is 24.6. The summed E-state index contributed by atoms with van der Waals surface area (Å²) in [7, 11) is 0. The molecule has 6 N–H and O–H groups in total. The summed E-state index contributed by atoms with van der Waals surface area (Å²) >= 11 is 0. The monoisotopic (exact) mass is 677 g/mol. The van der Waals surface area contributed by atoms with E-state index in [1.807, 2.05) is 55.5 Å². The van der Waals surface area contributed by atoms with E-state index in [1.165, 1.54) is 0 Å². The van der Waals surface area contributed by atoms with Crippen LogP contribution in [0.15, 0.2) is 94.9 Å². The molecule has 0 radical (unpaired) electrons. The van der Waals surface area contributed by atoms with Crippen LogP contribution in [0.3, 0.4) is 0 Å². The zero-order valence-electron chi connectivity index (χ0n) is 24.6. The molecule has 0 fully saturated rings. The largest absolute Gasteiger partial charge is 0.490 e. The highest BCUT2D eigenvalue weighted by molar-refractivity contribution is 6.05. The Kier molecular flexibility index (Phi) is 13.0. The molecule has 0 spiro atoms. The number of anilines is 1. The molecule has 0 aliphatic heterocycles. The van der Waals surface area contributed by atoms with Crippen molar-refractivity contribution in [2.45, 2.75) is 32.1 Å². The van der Waals surface area contributed by atoms with Gasteiger partial charge in [-0.05, 0) is 59.5 Å². The summed E-state index contributed by atoms with van der Waals surface area (Å²) in [4.78, 5) is 35.3. The van der Waals surface area contributed by atoms with Gasteiger partial charge >= 0.3 is 24.3 Å². The molecule has 1 heterocycles. The number of nitriles is 1. The van der Waals surface area contributed by atoms with Gasteiger partial charge in [-0.15, -0.1) is 0 Å². The molecule has 2 aromatic carbocycles. The van der Waals surface area contributed by atoms with Crippen LogP contribution in [0.25, 0.3) is 11.1 Å². The van der Waals surface area contributed by atoms with Gasteiger partial charge < -0.3 is 26.5 Å². The third kappa shape index (κ3) is 10.7. The first-order chi connectivity index (χ1) is 22.4. The second kappa shape index (κ2) is 16.4. The first-order valence-corrected chi connectivity index (χ1v) is 13.2. The van der Waals surface area contributed by atoms with Crippen molar-refractivity contribution in [1.82, 2.24) is 4.98 Å². The van der Waals surface area contributed by atoms with E-state index in [0.717, 1.165) is 22.3 Å². The van der Waals surface area contributed by atoms with Crippen LogP contribution >= 0.6 is 0 Å². The van der Waals surface area contributed by atoms with Crippen LogP contribution in [0.5, 0.6) is 0 Å². The summed E-state index contributed by atoms with van der Waals surface area (Å²) in [6.07, 6.45) is -5.72. The maximum atomic E-state index is 13.1. The normalized spacial score (nSPS) is 13.5. The third-order valence-electron chi connectivity index (χ3n) is 6.34. The number of oxime groups is 1. The molecule has 0 saturated carbocycles.